The van der Waals surface area contributed by atoms with Crippen LogP contribution in [0.1, 0.15) is 29.3 Å². The van der Waals surface area contributed by atoms with Crippen molar-refractivity contribution in [3.8, 4) is 0 Å². The number of rotatable bonds is 6. The Labute approximate surface area is 155 Å². The zero-order valence-corrected chi connectivity index (χ0v) is 16.0. The zero-order valence-electron chi connectivity index (χ0n) is 16.0. The maximum atomic E-state index is 4.75. The number of anilines is 3. The van der Waals surface area contributed by atoms with Gasteiger partial charge in [0.2, 0.25) is 5.95 Å². The fourth-order valence-corrected chi connectivity index (χ4v) is 2.88. The molecule has 0 spiro atoms. The molecule has 4 heteroatoms. The lowest BCUT2D eigenvalue weighted by atomic mass is 10.1. The van der Waals surface area contributed by atoms with Crippen molar-refractivity contribution in [3.63, 3.8) is 0 Å². The van der Waals surface area contributed by atoms with Gasteiger partial charge in [-0.15, -0.1) is 0 Å². The summed E-state index contributed by atoms with van der Waals surface area (Å²) < 4.78 is 0. The van der Waals surface area contributed by atoms with Crippen molar-refractivity contribution in [2.24, 2.45) is 0 Å². The monoisotopic (exact) mass is 346 g/mol. The Morgan fingerprint density at radius 1 is 0.885 bits per heavy atom. The van der Waals surface area contributed by atoms with Crippen molar-refractivity contribution < 1.29 is 0 Å². The first-order chi connectivity index (χ1) is 12.5. The second kappa shape index (κ2) is 8.00. The third-order valence-electron chi connectivity index (χ3n) is 4.53. The van der Waals surface area contributed by atoms with Crippen molar-refractivity contribution in [2.75, 3.05) is 16.8 Å². The summed E-state index contributed by atoms with van der Waals surface area (Å²) in [6.07, 6.45) is 0. The van der Waals surface area contributed by atoms with Gasteiger partial charge in [-0.1, -0.05) is 36.4 Å². The lowest BCUT2D eigenvalue weighted by Crippen LogP contribution is -2.23. The average molecular weight is 346 g/mol. The van der Waals surface area contributed by atoms with Crippen LogP contribution in [0.25, 0.3) is 0 Å². The van der Waals surface area contributed by atoms with Gasteiger partial charge in [0.25, 0.3) is 0 Å². The van der Waals surface area contributed by atoms with E-state index >= 15 is 0 Å². The van der Waals surface area contributed by atoms with E-state index in [4.69, 9.17) is 4.98 Å². The number of benzene rings is 2. The maximum Gasteiger partial charge on any atom is 0.229 e. The van der Waals surface area contributed by atoms with Gasteiger partial charge >= 0.3 is 0 Å². The Kier molecular flexibility index (Phi) is 5.52. The Balaban J connectivity index is 1.84. The summed E-state index contributed by atoms with van der Waals surface area (Å²) in [5.74, 6) is 1.57. The van der Waals surface area contributed by atoms with E-state index in [-0.39, 0.29) is 0 Å². The topological polar surface area (TPSA) is 41.1 Å². The Bertz CT molecular complexity index is 875. The lowest BCUT2D eigenvalue weighted by molar-refractivity contribution is 0.809. The quantitative estimate of drug-likeness (QED) is 0.668. The molecule has 0 unspecified atom stereocenters. The van der Waals surface area contributed by atoms with Gasteiger partial charge in [0.05, 0.1) is 0 Å². The van der Waals surface area contributed by atoms with Crippen molar-refractivity contribution >= 4 is 17.5 Å². The summed E-state index contributed by atoms with van der Waals surface area (Å²) in [7, 11) is 0. The van der Waals surface area contributed by atoms with Gasteiger partial charge in [-0.05, 0) is 56.5 Å². The minimum Gasteiger partial charge on any atom is -0.352 e. The minimum absolute atomic E-state index is 0.634. The molecule has 0 bridgehead atoms. The largest absolute Gasteiger partial charge is 0.352 e. The van der Waals surface area contributed by atoms with E-state index in [2.05, 4.69) is 78.4 Å². The van der Waals surface area contributed by atoms with Crippen LogP contribution < -0.4 is 10.2 Å². The molecule has 3 rings (SSSR count). The Morgan fingerprint density at radius 3 is 2.35 bits per heavy atom. The van der Waals surface area contributed by atoms with Crippen LogP contribution in [0.5, 0.6) is 0 Å². The zero-order chi connectivity index (χ0) is 18.5. The van der Waals surface area contributed by atoms with Crippen molar-refractivity contribution in [2.45, 2.75) is 34.2 Å². The predicted molar refractivity (Wildman–Crippen MR) is 109 cm³/mol. The molecular weight excluding hydrogens is 320 g/mol. The van der Waals surface area contributed by atoms with Gasteiger partial charge in [0.1, 0.15) is 5.82 Å². The second-order valence-corrected chi connectivity index (χ2v) is 6.61. The summed E-state index contributed by atoms with van der Waals surface area (Å²) >= 11 is 0. The molecule has 134 valence electrons. The van der Waals surface area contributed by atoms with E-state index in [0.717, 1.165) is 30.3 Å². The van der Waals surface area contributed by atoms with E-state index in [9.17, 15) is 0 Å². The third kappa shape index (κ3) is 4.39. The van der Waals surface area contributed by atoms with Crippen LogP contribution >= 0.6 is 0 Å². The maximum absolute atomic E-state index is 4.75. The number of hydrogen-bond donors (Lipinski definition) is 1. The van der Waals surface area contributed by atoms with Crippen LogP contribution in [0.15, 0.2) is 54.6 Å². The van der Waals surface area contributed by atoms with E-state index < -0.39 is 0 Å². The fraction of sp³-hybridized carbons (Fsp3) is 0.273. The van der Waals surface area contributed by atoms with E-state index in [0.29, 0.717) is 5.95 Å². The van der Waals surface area contributed by atoms with Crippen LogP contribution in [-0.4, -0.2) is 16.5 Å². The van der Waals surface area contributed by atoms with E-state index in [1.165, 1.54) is 16.7 Å². The highest BCUT2D eigenvalue weighted by molar-refractivity contribution is 5.57. The molecule has 0 aliphatic heterocycles. The first-order valence-electron chi connectivity index (χ1n) is 9.04. The molecule has 4 nitrogen and oxygen atoms in total. The van der Waals surface area contributed by atoms with Crippen LogP contribution in [0.4, 0.5) is 17.5 Å². The molecule has 0 amide bonds. The summed E-state index contributed by atoms with van der Waals surface area (Å²) in [6, 6.07) is 18.8. The standard InChI is InChI=1S/C22H26N4/c1-5-26(15-19-9-7-6-8-10-19)21-14-18(4)23-22(25-21)24-20-12-11-16(2)17(3)13-20/h6-14H,5,15H2,1-4H3,(H,23,24,25). The van der Waals surface area contributed by atoms with Crippen molar-refractivity contribution in [3.05, 3.63) is 77.0 Å². The smallest absolute Gasteiger partial charge is 0.229 e. The summed E-state index contributed by atoms with van der Waals surface area (Å²) in [6.45, 7) is 10.1. The number of aromatic nitrogens is 2. The molecule has 3 aromatic rings. The van der Waals surface area contributed by atoms with Crippen molar-refractivity contribution in [1.29, 1.82) is 0 Å². The fourth-order valence-electron chi connectivity index (χ4n) is 2.88. The highest BCUT2D eigenvalue weighted by Crippen LogP contribution is 2.21. The van der Waals surface area contributed by atoms with Crippen LogP contribution in [0, 0.1) is 20.8 Å². The van der Waals surface area contributed by atoms with Gasteiger partial charge in [0.15, 0.2) is 0 Å². The van der Waals surface area contributed by atoms with Crippen molar-refractivity contribution in [1.82, 2.24) is 9.97 Å². The third-order valence-corrected chi connectivity index (χ3v) is 4.53. The van der Waals surface area contributed by atoms with Gasteiger partial charge in [0, 0.05) is 30.5 Å². The number of nitrogens with zero attached hydrogens (tertiary/aromatic N) is 3. The summed E-state index contributed by atoms with van der Waals surface area (Å²) in [5, 5.41) is 3.35. The lowest BCUT2D eigenvalue weighted by Gasteiger charge is -2.23. The highest BCUT2D eigenvalue weighted by Gasteiger charge is 2.10. The first kappa shape index (κ1) is 17.9. The number of aryl methyl sites for hydroxylation is 3. The average Bonchev–Trinajstić information content (AvgIpc) is 2.63. The predicted octanol–water partition coefficient (Wildman–Crippen LogP) is 5.17. The van der Waals surface area contributed by atoms with E-state index in [1.807, 2.05) is 19.1 Å². The number of nitrogens with one attached hydrogen (secondary N) is 1. The first-order valence-corrected chi connectivity index (χ1v) is 9.04. The second-order valence-electron chi connectivity index (χ2n) is 6.61. The molecule has 1 heterocycles. The van der Waals surface area contributed by atoms with Gasteiger partial charge in [-0.2, -0.15) is 4.98 Å². The molecular formula is C22H26N4. The molecule has 1 aromatic heterocycles. The molecule has 0 saturated carbocycles. The molecule has 1 N–H and O–H groups in total. The van der Waals surface area contributed by atoms with Gasteiger partial charge in [-0.3, -0.25) is 0 Å². The molecule has 0 saturated heterocycles. The van der Waals surface area contributed by atoms with Crippen LogP contribution in [0.3, 0.4) is 0 Å². The molecule has 0 fully saturated rings. The molecule has 2 aromatic carbocycles. The Morgan fingerprint density at radius 2 is 1.65 bits per heavy atom. The highest BCUT2D eigenvalue weighted by atomic mass is 15.2. The molecule has 0 radical (unpaired) electrons. The SMILES string of the molecule is CCN(Cc1ccccc1)c1cc(C)nc(Nc2ccc(C)c(C)c2)n1. The van der Waals surface area contributed by atoms with Gasteiger partial charge < -0.3 is 10.2 Å². The Hall–Kier alpha value is -2.88. The molecule has 0 aliphatic carbocycles. The van der Waals surface area contributed by atoms with Crippen LogP contribution in [-0.2, 0) is 6.54 Å². The van der Waals surface area contributed by atoms with Gasteiger partial charge in [-0.25, -0.2) is 4.98 Å². The minimum atomic E-state index is 0.634. The van der Waals surface area contributed by atoms with E-state index in [1.54, 1.807) is 0 Å². The summed E-state index contributed by atoms with van der Waals surface area (Å²) in [4.78, 5) is 11.6. The van der Waals surface area contributed by atoms with Crippen LogP contribution in [0.2, 0.25) is 0 Å². The molecule has 26 heavy (non-hydrogen) atoms. The molecule has 0 atom stereocenters. The summed E-state index contributed by atoms with van der Waals surface area (Å²) in [5.41, 5.74) is 5.77. The normalized spacial score (nSPS) is 10.6. The molecule has 0 aliphatic rings. The number of hydrogen-bond acceptors (Lipinski definition) is 4.